The summed E-state index contributed by atoms with van der Waals surface area (Å²) < 4.78 is 39.0. The average molecular weight is 284 g/mol. The summed E-state index contributed by atoms with van der Waals surface area (Å²) in [5.41, 5.74) is 0.100. The molecule has 0 spiro atoms. The first-order valence-electron chi connectivity index (χ1n) is 6.06. The summed E-state index contributed by atoms with van der Waals surface area (Å²) in [6.45, 7) is 5.03. The van der Waals surface area contributed by atoms with Crippen molar-refractivity contribution in [2.24, 2.45) is 0 Å². The lowest BCUT2D eigenvalue weighted by Gasteiger charge is -2.17. The predicted octanol–water partition coefficient (Wildman–Crippen LogP) is 3.43. The fourth-order valence-electron chi connectivity index (χ4n) is 2.06. The van der Waals surface area contributed by atoms with Crippen molar-refractivity contribution in [1.82, 2.24) is 9.78 Å². The van der Waals surface area contributed by atoms with Gasteiger partial charge in [0, 0.05) is 11.3 Å². The molecule has 2 rings (SSSR count). The minimum atomic E-state index is -4.35. The summed E-state index contributed by atoms with van der Waals surface area (Å²) in [6, 6.07) is 4.74. The van der Waals surface area contributed by atoms with Crippen molar-refractivity contribution in [1.29, 1.82) is 0 Å². The maximum absolute atomic E-state index is 12.5. The van der Waals surface area contributed by atoms with Crippen molar-refractivity contribution >= 4 is 0 Å². The molecule has 0 saturated heterocycles. The second-order valence-corrected chi connectivity index (χ2v) is 5.16. The molecule has 20 heavy (non-hydrogen) atoms. The summed E-state index contributed by atoms with van der Waals surface area (Å²) >= 11 is 0. The van der Waals surface area contributed by atoms with Crippen LogP contribution in [0.2, 0.25) is 0 Å². The van der Waals surface area contributed by atoms with Gasteiger partial charge in [-0.15, -0.1) is 0 Å². The molecule has 2 aromatic rings. The van der Waals surface area contributed by atoms with E-state index in [4.69, 9.17) is 0 Å². The molecule has 108 valence electrons. The second-order valence-electron chi connectivity index (χ2n) is 5.16. The number of alkyl halides is 3. The molecule has 0 fully saturated rings. The van der Waals surface area contributed by atoms with Crippen LogP contribution in [0.4, 0.5) is 13.2 Å². The molecular weight excluding hydrogens is 269 g/mol. The van der Waals surface area contributed by atoms with Crippen molar-refractivity contribution in [3.05, 3.63) is 47.3 Å². The maximum Gasteiger partial charge on any atom is 0.416 e. The van der Waals surface area contributed by atoms with E-state index in [1.54, 1.807) is 20.8 Å². The van der Waals surface area contributed by atoms with Gasteiger partial charge in [0.25, 0.3) is 0 Å². The number of benzene rings is 1. The van der Waals surface area contributed by atoms with E-state index in [9.17, 15) is 18.3 Å². The highest BCUT2D eigenvalue weighted by atomic mass is 19.4. The number of rotatable bonds is 2. The Labute approximate surface area is 114 Å². The van der Waals surface area contributed by atoms with E-state index in [0.717, 1.165) is 12.1 Å². The summed E-state index contributed by atoms with van der Waals surface area (Å²) in [5.74, 6) is 0. The Morgan fingerprint density at radius 3 is 2.05 bits per heavy atom. The average Bonchev–Trinajstić information content (AvgIpc) is 2.70. The van der Waals surface area contributed by atoms with Crippen LogP contribution in [-0.2, 0) is 11.8 Å². The highest BCUT2D eigenvalue weighted by Gasteiger charge is 2.30. The van der Waals surface area contributed by atoms with E-state index < -0.39 is 17.3 Å². The topological polar surface area (TPSA) is 38.1 Å². The molecule has 1 aromatic heterocycles. The van der Waals surface area contributed by atoms with Crippen LogP contribution in [0.5, 0.6) is 0 Å². The predicted molar refractivity (Wildman–Crippen MR) is 68.5 cm³/mol. The third-order valence-electron chi connectivity index (χ3n) is 3.11. The Balaban J connectivity index is 2.41. The smallest absolute Gasteiger partial charge is 0.386 e. The van der Waals surface area contributed by atoms with Crippen molar-refractivity contribution < 1.29 is 18.3 Å². The molecule has 0 atom stereocenters. The fraction of sp³-hybridized carbons (Fsp3) is 0.357. The number of aliphatic hydroxyl groups is 1. The first-order chi connectivity index (χ1) is 9.10. The van der Waals surface area contributed by atoms with Crippen molar-refractivity contribution in [2.45, 2.75) is 32.5 Å². The molecule has 1 aromatic carbocycles. The molecule has 0 amide bonds. The number of nitrogens with zero attached hydrogens (tertiary/aromatic N) is 2. The molecule has 0 saturated carbocycles. The molecule has 0 radical (unpaired) electrons. The van der Waals surface area contributed by atoms with Crippen LogP contribution in [-0.4, -0.2) is 14.9 Å². The van der Waals surface area contributed by atoms with E-state index in [-0.39, 0.29) is 0 Å². The Kier molecular flexibility index (Phi) is 3.37. The molecular formula is C14H15F3N2O. The van der Waals surface area contributed by atoms with E-state index in [2.05, 4.69) is 5.10 Å². The van der Waals surface area contributed by atoms with Gasteiger partial charge in [0.2, 0.25) is 0 Å². The van der Waals surface area contributed by atoms with Crippen LogP contribution >= 0.6 is 0 Å². The maximum atomic E-state index is 12.5. The van der Waals surface area contributed by atoms with E-state index >= 15 is 0 Å². The molecule has 1 N–H and O–H groups in total. The Morgan fingerprint density at radius 1 is 1.10 bits per heavy atom. The van der Waals surface area contributed by atoms with Crippen molar-refractivity contribution in [3.63, 3.8) is 0 Å². The molecule has 3 nitrogen and oxygen atoms in total. The zero-order valence-electron chi connectivity index (χ0n) is 11.4. The number of hydrogen-bond donors (Lipinski definition) is 1. The molecule has 6 heteroatoms. The summed E-state index contributed by atoms with van der Waals surface area (Å²) in [5, 5.41) is 14.1. The molecule has 0 aliphatic rings. The van der Waals surface area contributed by atoms with Gasteiger partial charge in [0.15, 0.2) is 0 Å². The summed E-state index contributed by atoms with van der Waals surface area (Å²) in [7, 11) is 0. The summed E-state index contributed by atoms with van der Waals surface area (Å²) in [6.07, 6.45) is -2.83. The largest absolute Gasteiger partial charge is 0.416 e. The van der Waals surface area contributed by atoms with Gasteiger partial charge in [-0.25, -0.2) is 4.68 Å². The van der Waals surface area contributed by atoms with Crippen LogP contribution in [0, 0.1) is 6.92 Å². The Bertz CT molecular complexity index is 607. The molecule has 0 bridgehead atoms. The Hall–Kier alpha value is -1.82. The van der Waals surface area contributed by atoms with E-state index in [1.165, 1.54) is 23.0 Å². The number of halogens is 3. The molecule has 0 unspecified atom stereocenters. The highest BCUT2D eigenvalue weighted by molar-refractivity contribution is 5.38. The molecule has 0 aliphatic heterocycles. The second kappa shape index (κ2) is 4.63. The van der Waals surface area contributed by atoms with Crippen molar-refractivity contribution in [2.75, 3.05) is 0 Å². The van der Waals surface area contributed by atoms with Crippen LogP contribution < -0.4 is 0 Å². The zero-order valence-corrected chi connectivity index (χ0v) is 11.4. The lowest BCUT2D eigenvalue weighted by molar-refractivity contribution is -0.137. The van der Waals surface area contributed by atoms with Crippen LogP contribution in [0.3, 0.4) is 0 Å². The van der Waals surface area contributed by atoms with Gasteiger partial charge in [0.1, 0.15) is 0 Å². The minimum Gasteiger partial charge on any atom is -0.386 e. The zero-order chi connectivity index (χ0) is 15.1. The standard InChI is InChI=1S/C14H15F3N2O/c1-9-12(13(2,3)20)8-18-19(9)11-6-4-10(5-7-11)14(15,16)17/h4-8,20H,1-3H3. The quantitative estimate of drug-likeness (QED) is 0.917. The molecule has 0 aliphatic carbocycles. The first-order valence-corrected chi connectivity index (χ1v) is 6.06. The van der Waals surface area contributed by atoms with E-state index in [0.29, 0.717) is 16.9 Å². The fourth-order valence-corrected chi connectivity index (χ4v) is 2.06. The lowest BCUT2D eigenvalue weighted by atomic mass is 10.00. The first kappa shape index (κ1) is 14.6. The highest BCUT2D eigenvalue weighted by Crippen LogP contribution is 2.30. The van der Waals surface area contributed by atoms with Crippen LogP contribution in [0.15, 0.2) is 30.5 Å². The Morgan fingerprint density at radius 2 is 1.65 bits per heavy atom. The third-order valence-corrected chi connectivity index (χ3v) is 3.11. The lowest BCUT2D eigenvalue weighted by Crippen LogP contribution is -2.16. The van der Waals surface area contributed by atoms with Gasteiger partial charge in [-0.2, -0.15) is 18.3 Å². The summed E-state index contributed by atoms with van der Waals surface area (Å²) in [4.78, 5) is 0. The molecule has 1 heterocycles. The third kappa shape index (κ3) is 2.70. The monoisotopic (exact) mass is 284 g/mol. The van der Waals surface area contributed by atoms with Crippen LogP contribution in [0.25, 0.3) is 5.69 Å². The van der Waals surface area contributed by atoms with Crippen LogP contribution in [0.1, 0.15) is 30.7 Å². The van der Waals surface area contributed by atoms with Gasteiger partial charge in [-0.3, -0.25) is 0 Å². The van der Waals surface area contributed by atoms with Gasteiger partial charge in [0.05, 0.1) is 23.0 Å². The number of hydrogen-bond acceptors (Lipinski definition) is 2. The number of aromatic nitrogens is 2. The van der Waals surface area contributed by atoms with Gasteiger partial charge in [-0.05, 0) is 45.0 Å². The minimum absolute atomic E-state index is 0.519. The normalized spacial score (nSPS) is 12.8. The van der Waals surface area contributed by atoms with Gasteiger partial charge >= 0.3 is 6.18 Å². The van der Waals surface area contributed by atoms with E-state index in [1.807, 2.05) is 0 Å². The van der Waals surface area contributed by atoms with Gasteiger partial charge < -0.3 is 5.11 Å². The van der Waals surface area contributed by atoms with Gasteiger partial charge in [-0.1, -0.05) is 0 Å². The SMILES string of the molecule is Cc1c(C(C)(C)O)cnn1-c1ccc(C(F)(F)F)cc1. The van der Waals surface area contributed by atoms with Crippen molar-refractivity contribution in [3.8, 4) is 5.69 Å².